The highest BCUT2D eigenvalue weighted by molar-refractivity contribution is 5.70. The minimum atomic E-state index is -9.60. The summed E-state index contributed by atoms with van der Waals surface area (Å²) >= 11 is 0. The molecule has 32 heteroatoms. The molecule has 55 heavy (non-hydrogen) atoms. The Labute approximate surface area is 285 Å². The quantitative estimate of drug-likeness (QED) is 0.0533. The zero-order chi connectivity index (χ0) is 44.4. The van der Waals surface area contributed by atoms with E-state index in [9.17, 15) is 126 Å². The Morgan fingerprint density at radius 3 is 1.25 bits per heavy atom. The SMILES string of the molecule is CCC(C)c1cc([N+](=O)[O-])cc([N+](=O)[O-])c1OC(=O)OCC(F)(F)C(F)(F)C(F)(F)C(F)(F)C(F)(F)C(F)(F)C(F)(F)C(F)(F)C(F)(F)C(F)(F)C(F)(F)F. The summed E-state index contributed by atoms with van der Waals surface area (Å²) in [6.07, 6.45) is -11.4. The zero-order valence-electron chi connectivity index (χ0n) is 25.6. The number of ether oxygens (including phenoxy) is 2. The lowest BCUT2D eigenvalue weighted by molar-refractivity contribution is -0.478. The Balaban J connectivity index is 3.68. The molecule has 1 unspecified atom stereocenters. The standard InChI is InChI=1S/C23H13F23N2O7/c1-3-7(2)9-4-8(47(50)51)5-10(48(52)53)11(9)55-12(49)54-6-13(24,25)14(26,27)15(28,29)16(30,31)17(32,33)18(34,35)19(36,37)20(38,39)21(40,41)22(42,43)23(44,45)46/h4-5,7H,3,6H2,1-2H3. The van der Waals surface area contributed by atoms with Crippen LogP contribution in [0.25, 0.3) is 0 Å². The van der Waals surface area contributed by atoms with Crippen molar-refractivity contribution in [2.75, 3.05) is 6.61 Å². The van der Waals surface area contributed by atoms with Gasteiger partial charge in [0.15, 0.2) is 6.61 Å². The summed E-state index contributed by atoms with van der Waals surface area (Å²) in [7, 11) is 0. The van der Waals surface area contributed by atoms with Crippen LogP contribution in [-0.2, 0) is 4.74 Å². The highest BCUT2D eigenvalue weighted by atomic mass is 19.4. The largest absolute Gasteiger partial charge is 0.514 e. The van der Waals surface area contributed by atoms with Crippen LogP contribution in [0, 0.1) is 20.2 Å². The molecule has 0 N–H and O–H groups in total. The van der Waals surface area contributed by atoms with E-state index in [1.165, 1.54) is 6.92 Å². The van der Waals surface area contributed by atoms with Crippen molar-refractivity contribution in [2.45, 2.75) is 91.6 Å². The van der Waals surface area contributed by atoms with E-state index >= 15 is 0 Å². The summed E-state index contributed by atoms with van der Waals surface area (Å²) < 4.78 is 319. The van der Waals surface area contributed by atoms with Crippen LogP contribution in [-0.4, -0.2) is 88.0 Å². The predicted molar refractivity (Wildman–Crippen MR) is 126 cm³/mol. The number of non-ortho nitro benzene ring substituents is 1. The molecule has 0 aliphatic rings. The second-order valence-electron chi connectivity index (χ2n) is 10.7. The minimum Gasteiger partial charge on any atom is -0.427 e. The number of halogens is 23. The van der Waals surface area contributed by atoms with Gasteiger partial charge in [0.2, 0.25) is 5.75 Å². The smallest absolute Gasteiger partial charge is 0.427 e. The van der Waals surface area contributed by atoms with Crippen LogP contribution in [0.5, 0.6) is 5.75 Å². The van der Waals surface area contributed by atoms with E-state index in [1.54, 1.807) is 0 Å². The molecule has 0 aromatic heterocycles. The van der Waals surface area contributed by atoms with Crippen LogP contribution in [0.2, 0.25) is 0 Å². The van der Waals surface area contributed by atoms with Gasteiger partial charge in [-0.15, -0.1) is 0 Å². The summed E-state index contributed by atoms with van der Waals surface area (Å²) in [6, 6.07) is 0.436. The van der Waals surface area contributed by atoms with Crippen molar-refractivity contribution in [3.8, 4) is 5.75 Å². The summed E-state index contributed by atoms with van der Waals surface area (Å²) in [4.78, 5) is 31.5. The number of nitrogens with zero attached hydrogens (tertiary/aromatic N) is 2. The molecule has 0 saturated carbocycles. The molecule has 0 bridgehead atoms. The van der Waals surface area contributed by atoms with Crippen molar-refractivity contribution < 1.29 is 125 Å². The molecule has 1 atom stereocenters. The van der Waals surface area contributed by atoms with Gasteiger partial charge in [0.1, 0.15) is 0 Å². The van der Waals surface area contributed by atoms with Gasteiger partial charge >= 0.3 is 77.2 Å². The lowest BCUT2D eigenvalue weighted by Crippen LogP contribution is -2.77. The van der Waals surface area contributed by atoms with E-state index in [4.69, 9.17) is 0 Å². The first kappa shape index (κ1) is 48.7. The lowest BCUT2D eigenvalue weighted by atomic mass is 9.85. The van der Waals surface area contributed by atoms with Crippen LogP contribution in [0.4, 0.5) is 117 Å². The van der Waals surface area contributed by atoms with Crippen molar-refractivity contribution in [2.24, 2.45) is 0 Å². The van der Waals surface area contributed by atoms with E-state index in [0.29, 0.717) is 6.07 Å². The first-order chi connectivity index (χ1) is 24.0. The van der Waals surface area contributed by atoms with Gasteiger partial charge in [-0.2, -0.15) is 101 Å². The number of benzene rings is 1. The third kappa shape index (κ3) is 7.15. The van der Waals surface area contributed by atoms with Gasteiger partial charge < -0.3 is 9.47 Å². The third-order valence-electron chi connectivity index (χ3n) is 7.16. The molecule has 0 saturated heterocycles. The molecule has 9 nitrogen and oxygen atoms in total. The van der Waals surface area contributed by atoms with Crippen LogP contribution >= 0.6 is 0 Å². The number of rotatable bonds is 16. The maximum absolute atomic E-state index is 14.2. The molecular weight excluding hydrogens is 853 g/mol. The van der Waals surface area contributed by atoms with E-state index in [0.717, 1.165) is 6.92 Å². The molecule has 0 spiro atoms. The number of carbonyl (C=O) groups is 1. The van der Waals surface area contributed by atoms with Gasteiger partial charge in [-0.1, -0.05) is 13.8 Å². The second-order valence-corrected chi connectivity index (χ2v) is 10.7. The molecule has 0 amide bonds. The molecule has 0 radical (unpaired) electrons. The van der Waals surface area contributed by atoms with Crippen LogP contribution < -0.4 is 4.74 Å². The van der Waals surface area contributed by atoms with Crippen molar-refractivity contribution in [3.05, 3.63) is 37.9 Å². The van der Waals surface area contributed by atoms with Crippen LogP contribution in [0.3, 0.4) is 0 Å². The van der Waals surface area contributed by atoms with E-state index in [1.807, 2.05) is 0 Å². The molecule has 0 aliphatic heterocycles. The number of nitro groups is 2. The topological polar surface area (TPSA) is 122 Å². The molecule has 0 aliphatic carbocycles. The zero-order valence-corrected chi connectivity index (χ0v) is 25.6. The number of hydrogen-bond donors (Lipinski definition) is 0. The van der Waals surface area contributed by atoms with Gasteiger partial charge in [0, 0.05) is 11.6 Å². The van der Waals surface area contributed by atoms with Crippen molar-refractivity contribution in [1.82, 2.24) is 0 Å². The fourth-order valence-electron chi connectivity index (χ4n) is 3.70. The molecular formula is C23H13F23N2O7. The Hall–Kier alpha value is -4.32. The summed E-state index contributed by atoms with van der Waals surface area (Å²) in [5.74, 6) is -92.9. The van der Waals surface area contributed by atoms with Gasteiger partial charge in [-0.3, -0.25) is 20.2 Å². The maximum Gasteiger partial charge on any atom is 0.514 e. The van der Waals surface area contributed by atoms with E-state index in [2.05, 4.69) is 9.47 Å². The molecule has 318 valence electrons. The Morgan fingerprint density at radius 2 is 0.945 bits per heavy atom. The monoisotopic (exact) mass is 866 g/mol. The Morgan fingerprint density at radius 1 is 0.600 bits per heavy atom. The lowest BCUT2D eigenvalue weighted by Gasteiger charge is -2.45. The van der Waals surface area contributed by atoms with Crippen LogP contribution in [0.1, 0.15) is 31.7 Å². The van der Waals surface area contributed by atoms with Crippen molar-refractivity contribution in [3.63, 3.8) is 0 Å². The number of carbonyl (C=O) groups excluding carboxylic acids is 1. The summed E-state index contributed by atoms with van der Waals surface area (Å²) in [5, 5.41) is 22.4. The van der Waals surface area contributed by atoms with Gasteiger partial charge in [-0.05, 0) is 12.3 Å². The van der Waals surface area contributed by atoms with Crippen LogP contribution in [0.15, 0.2) is 12.1 Å². The van der Waals surface area contributed by atoms with Gasteiger partial charge in [0.05, 0.1) is 15.9 Å². The first-order valence-electron chi connectivity index (χ1n) is 13.1. The molecule has 1 rings (SSSR count). The van der Waals surface area contributed by atoms with Gasteiger partial charge in [-0.25, -0.2) is 4.79 Å². The summed E-state index contributed by atoms with van der Waals surface area (Å²) in [5.41, 5.74) is -3.50. The molecule has 1 aromatic carbocycles. The molecule has 0 heterocycles. The average Bonchev–Trinajstić information content (AvgIpc) is 3.01. The average molecular weight is 866 g/mol. The highest BCUT2D eigenvalue weighted by Gasteiger charge is 2.98. The Bertz CT molecular complexity index is 1640. The minimum absolute atomic E-state index is 0.0121. The maximum atomic E-state index is 14.2. The first-order valence-corrected chi connectivity index (χ1v) is 13.1. The number of nitro benzene ring substituents is 2. The van der Waals surface area contributed by atoms with E-state index < -0.39 is 117 Å². The number of hydrogen-bond acceptors (Lipinski definition) is 7. The molecule has 0 fully saturated rings. The second kappa shape index (κ2) is 14.0. The number of alkyl halides is 23. The van der Waals surface area contributed by atoms with E-state index in [-0.39, 0.29) is 12.5 Å². The van der Waals surface area contributed by atoms with Gasteiger partial charge in [0.25, 0.3) is 5.69 Å². The normalized spacial score (nSPS) is 15.4. The fourth-order valence-corrected chi connectivity index (χ4v) is 3.70. The highest BCUT2D eigenvalue weighted by Crippen LogP contribution is 2.67. The fraction of sp³-hybridized carbons (Fsp3) is 0.696. The van der Waals surface area contributed by atoms with Crippen molar-refractivity contribution >= 4 is 17.5 Å². The Kier molecular flexibility index (Phi) is 12.4. The predicted octanol–water partition coefficient (Wildman–Crippen LogP) is 10.4. The summed E-state index contributed by atoms with van der Waals surface area (Å²) in [6.45, 7) is -1.57. The third-order valence-corrected chi connectivity index (χ3v) is 7.16. The molecule has 1 aromatic rings. The van der Waals surface area contributed by atoms with Crippen molar-refractivity contribution in [1.29, 1.82) is 0 Å².